The zero-order chi connectivity index (χ0) is 13.1. The quantitative estimate of drug-likeness (QED) is 0.753. The first-order valence-electron chi connectivity index (χ1n) is 7.58. The van der Waals surface area contributed by atoms with E-state index in [-0.39, 0.29) is 0 Å². The molecule has 1 atom stereocenters. The molecule has 1 N–H and O–H groups in total. The van der Waals surface area contributed by atoms with E-state index in [9.17, 15) is 0 Å². The first-order valence-corrected chi connectivity index (χ1v) is 7.58. The van der Waals surface area contributed by atoms with Gasteiger partial charge in [0.1, 0.15) is 0 Å². The van der Waals surface area contributed by atoms with Crippen LogP contribution in [0.5, 0.6) is 0 Å². The number of hydrogen-bond donors (Lipinski definition) is 1. The minimum Gasteiger partial charge on any atom is -0.316 e. The summed E-state index contributed by atoms with van der Waals surface area (Å²) in [6.07, 6.45) is 4.21. The molecule has 1 aliphatic rings. The van der Waals surface area contributed by atoms with Crippen LogP contribution in [-0.2, 0) is 0 Å². The molecule has 0 radical (unpaired) electrons. The summed E-state index contributed by atoms with van der Waals surface area (Å²) < 4.78 is 0. The summed E-state index contributed by atoms with van der Waals surface area (Å²) in [5.41, 5.74) is 0.599. The van der Waals surface area contributed by atoms with Crippen molar-refractivity contribution in [1.82, 2.24) is 5.32 Å². The van der Waals surface area contributed by atoms with E-state index in [0.717, 1.165) is 23.7 Å². The van der Waals surface area contributed by atoms with Crippen LogP contribution in [0.4, 0.5) is 0 Å². The Morgan fingerprint density at radius 2 is 1.53 bits per heavy atom. The number of nitrogens with one attached hydrogen (secondary N) is 1. The monoisotopic (exact) mass is 239 g/mol. The molecule has 1 nitrogen and oxygen atoms in total. The molecule has 1 rings (SSSR count). The van der Waals surface area contributed by atoms with Crippen molar-refractivity contribution < 1.29 is 0 Å². The first kappa shape index (κ1) is 15.0. The summed E-state index contributed by atoms with van der Waals surface area (Å²) in [6, 6.07) is 0. The molecule has 1 aliphatic heterocycles. The Balaban J connectivity index is 2.90. The van der Waals surface area contributed by atoms with E-state index in [2.05, 4.69) is 46.9 Å². The van der Waals surface area contributed by atoms with Crippen molar-refractivity contribution in [2.75, 3.05) is 13.1 Å². The van der Waals surface area contributed by atoms with Crippen LogP contribution in [0.1, 0.15) is 60.8 Å². The van der Waals surface area contributed by atoms with Gasteiger partial charge in [0, 0.05) is 0 Å². The maximum Gasteiger partial charge on any atom is -0.00127 e. The van der Waals surface area contributed by atoms with Crippen molar-refractivity contribution in [2.24, 2.45) is 29.1 Å². The molecule has 0 aliphatic carbocycles. The zero-order valence-electron chi connectivity index (χ0n) is 12.8. The zero-order valence-corrected chi connectivity index (χ0v) is 12.8. The van der Waals surface area contributed by atoms with Gasteiger partial charge in [-0.15, -0.1) is 0 Å². The summed E-state index contributed by atoms with van der Waals surface area (Å²) in [5, 5.41) is 3.62. The van der Waals surface area contributed by atoms with Gasteiger partial charge < -0.3 is 5.32 Å². The van der Waals surface area contributed by atoms with Crippen LogP contribution in [0.25, 0.3) is 0 Å². The maximum atomic E-state index is 3.62. The average Bonchev–Trinajstić information content (AvgIpc) is 2.14. The lowest BCUT2D eigenvalue weighted by atomic mass is 9.59. The molecule has 1 heterocycles. The van der Waals surface area contributed by atoms with Crippen molar-refractivity contribution in [3.63, 3.8) is 0 Å². The fourth-order valence-electron chi connectivity index (χ4n) is 4.16. The highest BCUT2D eigenvalue weighted by molar-refractivity contribution is 4.94. The van der Waals surface area contributed by atoms with Gasteiger partial charge in [0.25, 0.3) is 0 Å². The van der Waals surface area contributed by atoms with Crippen LogP contribution < -0.4 is 5.32 Å². The van der Waals surface area contributed by atoms with Crippen molar-refractivity contribution in [2.45, 2.75) is 60.8 Å². The molecular formula is C16H33N. The van der Waals surface area contributed by atoms with Crippen LogP contribution >= 0.6 is 0 Å². The second kappa shape index (κ2) is 6.22. The summed E-state index contributed by atoms with van der Waals surface area (Å²) in [7, 11) is 0. The third-order valence-corrected chi connectivity index (χ3v) is 4.38. The molecule has 0 aromatic heterocycles. The third kappa shape index (κ3) is 3.98. The summed E-state index contributed by atoms with van der Waals surface area (Å²) in [6.45, 7) is 16.8. The van der Waals surface area contributed by atoms with Gasteiger partial charge in [-0.25, -0.2) is 0 Å². The minimum absolute atomic E-state index is 0.599. The Morgan fingerprint density at radius 3 is 1.94 bits per heavy atom. The summed E-state index contributed by atoms with van der Waals surface area (Å²) in [4.78, 5) is 0. The Labute approximate surface area is 109 Å². The molecule has 0 saturated carbocycles. The lowest BCUT2D eigenvalue weighted by Crippen LogP contribution is -2.48. The van der Waals surface area contributed by atoms with E-state index >= 15 is 0 Å². The number of piperidine rings is 1. The lowest BCUT2D eigenvalue weighted by Gasteiger charge is -2.49. The summed E-state index contributed by atoms with van der Waals surface area (Å²) >= 11 is 0. The molecule has 0 amide bonds. The largest absolute Gasteiger partial charge is 0.316 e. The van der Waals surface area contributed by atoms with E-state index < -0.39 is 0 Å². The normalized spacial score (nSPS) is 24.9. The van der Waals surface area contributed by atoms with Crippen LogP contribution in [0.3, 0.4) is 0 Å². The Kier molecular flexibility index (Phi) is 5.50. The molecule has 0 bridgehead atoms. The predicted octanol–water partition coefficient (Wildman–Crippen LogP) is 4.33. The van der Waals surface area contributed by atoms with Crippen LogP contribution in [0.2, 0.25) is 0 Å². The highest BCUT2D eigenvalue weighted by atomic mass is 14.9. The van der Waals surface area contributed by atoms with Gasteiger partial charge in [-0.2, -0.15) is 0 Å². The molecule has 1 saturated heterocycles. The first-order chi connectivity index (χ1) is 7.87. The fourth-order valence-corrected chi connectivity index (χ4v) is 4.16. The molecular weight excluding hydrogens is 206 g/mol. The Bertz CT molecular complexity index is 208. The highest BCUT2D eigenvalue weighted by Gasteiger charge is 2.42. The minimum atomic E-state index is 0.599. The van der Waals surface area contributed by atoms with Gasteiger partial charge in [-0.1, -0.05) is 41.5 Å². The van der Waals surface area contributed by atoms with Gasteiger partial charge >= 0.3 is 0 Å². The molecule has 1 unspecified atom stereocenters. The Morgan fingerprint density at radius 1 is 1.00 bits per heavy atom. The summed E-state index contributed by atoms with van der Waals surface area (Å²) in [5.74, 6) is 3.32. The lowest BCUT2D eigenvalue weighted by molar-refractivity contribution is 0.0268. The van der Waals surface area contributed by atoms with Crippen LogP contribution in [-0.4, -0.2) is 13.1 Å². The molecule has 1 heteroatoms. The fraction of sp³-hybridized carbons (Fsp3) is 1.00. The predicted molar refractivity (Wildman–Crippen MR) is 77.2 cm³/mol. The highest BCUT2D eigenvalue weighted by Crippen LogP contribution is 2.47. The van der Waals surface area contributed by atoms with Crippen molar-refractivity contribution >= 4 is 0 Å². The molecule has 0 aromatic carbocycles. The molecule has 102 valence electrons. The van der Waals surface area contributed by atoms with E-state index in [1.165, 1.54) is 32.4 Å². The molecule has 1 fully saturated rings. The van der Waals surface area contributed by atoms with Crippen molar-refractivity contribution in [3.05, 3.63) is 0 Å². The van der Waals surface area contributed by atoms with E-state index in [4.69, 9.17) is 0 Å². The SMILES string of the molecule is CC(C)CC1(CC(C)C)CCNCC1C(C)C. The maximum absolute atomic E-state index is 3.62. The van der Waals surface area contributed by atoms with E-state index in [1.807, 2.05) is 0 Å². The standard InChI is InChI=1S/C16H33N/c1-12(2)9-16(10-13(3)4)7-8-17-11-15(16)14(5)6/h12-15,17H,7-11H2,1-6H3. The third-order valence-electron chi connectivity index (χ3n) is 4.38. The average molecular weight is 239 g/mol. The van der Waals surface area contributed by atoms with Gasteiger partial charge in [0.05, 0.1) is 0 Å². The van der Waals surface area contributed by atoms with Gasteiger partial charge in [0.2, 0.25) is 0 Å². The van der Waals surface area contributed by atoms with Crippen LogP contribution in [0, 0.1) is 29.1 Å². The smallest absolute Gasteiger partial charge is 0.00127 e. The van der Waals surface area contributed by atoms with Gasteiger partial charge in [0.15, 0.2) is 0 Å². The van der Waals surface area contributed by atoms with E-state index in [0.29, 0.717) is 5.41 Å². The Hall–Kier alpha value is -0.0400. The van der Waals surface area contributed by atoms with Crippen molar-refractivity contribution in [3.8, 4) is 0 Å². The molecule has 0 aromatic rings. The van der Waals surface area contributed by atoms with Gasteiger partial charge in [-0.05, 0) is 61.4 Å². The second-order valence-corrected chi connectivity index (χ2v) is 7.36. The molecule has 0 spiro atoms. The van der Waals surface area contributed by atoms with E-state index in [1.54, 1.807) is 0 Å². The number of hydrogen-bond acceptors (Lipinski definition) is 1. The van der Waals surface area contributed by atoms with Gasteiger partial charge in [-0.3, -0.25) is 0 Å². The van der Waals surface area contributed by atoms with Crippen molar-refractivity contribution in [1.29, 1.82) is 0 Å². The van der Waals surface area contributed by atoms with Crippen LogP contribution in [0.15, 0.2) is 0 Å². The topological polar surface area (TPSA) is 12.0 Å². The second-order valence-electron chi connectivity index (χ2n) is 7.36. The molecule has 17 heavy (non-hydrogen) atoms. The number of rotatable bonds is 5.